The van der Waals surface area contributed by atoms with Crippen molar-refractivity contribution in [2.75, 3.05) is 0 Å². The molecule has 0 spiro atoms. The van der Waals surface area contributed by atoms with E-state index in [4.69, 9.17) is 10.8 Å². The number of nitrogens with two attached hydrogens (primary N) is 1. The molecule has 2 rings (SSSR count). The molecule has 0 saturated carbocycles. The van der Waals surface area contributed by atoms with Crippen LogP contribution in [0.25, 0.3) is 0 Å². The number of carbonyl (C=O) groups is 1. The number of aliphatic carboxylic acids is 1. The molecule has 0 unspecified atom stereocenters. The third-order valence-electron chi connectivity index (χ3n) is 3.84. The minimum atomic E-state index is -4.57. The van der Waals surface area contributed by atoms with Crippen molar-refractivity contribution in [2.24, 2.45) is 5.73 Å². The summed E-state index contributed by atoms with van der Waals surface area (Å²) in [6.45, 7) is 0. The molecule has 0 heterocycles. The Morgan fingerprint density at radius 3 is 1.31 bits per heavy atom. The van der Waals surface area contributed by atoms with E-state index in [-0.39, 0.29) is 11.1 Å². The van der Waals surface area contributed by atoms with Gasteiger partial charge in [0.25, 0.3) is 0 Å². The Balaban J connectivity index is 2.46. The number of hydrogen-bond donors (Lipinski definition) is 2. The lowest BCUT2D eigenvalue weighted by atomic mass is 9.84. The van der Waals surface area contributed by atoms with Crippen LogP contribution in [-0.4, -0.2) is 17.1 Å². The highest BCUT2D eigenvalue weighted by molar-refractivity contribution is 5.75. The first-order valence-electron chi connectivity index (χ1n) is 7.24. The Morgan fingerprint density at radius 1 is 0.769 bits per heavy atom. The van der Waals surface area contributed by atoms with Gasteiger partial charge in [-0.2, -0.15) is 26.3 Å². The van der Waals surface area contributed by atoms with Crippen LogP contribution in [0.2, 0.25) is 0 Å². The fourth-order valence-corrected chi connectivity index (χ4v) is 2.51. The van der Waals surface area contributed by atoms with E-state index in [2.05, 4.69) is 0 Å². The van der Waals surface area contributed by atoms with Gasteiger partial charge in [-0.3, -0.25) is 4.79 Å². The third kappa shape index (κ3) is 4.34. The zero-order valence-electron chi connectivity index (χ0n) is 13.0. The molecule has 0 aliphatic carbocycles. The second-order valence-corrected chi connectivity index (χ2v) is 5.58. The predicted molar refractivity (Wildman–Crippen MR) is 80.3 cm³/mol. The minimum Gasteiger partial charge on any atom is -0.480 e. The summed E-state index contributed by atoms with van der Waals surface area (Å²) in [6, 6.07) is 5.76. The second-order valence-electron chi connectivity index (χ2n) is 5.58. The molecule has 0 aliphatic rings. The lowest BCUT2D eigenvalue weighted by molar-refractivity contribution is -0.139. The van der Waals surface area contributed by atoms with Crippen LogP contribution in [0, 0.1) is 0 Å². The van der Waals surface area contributed by atoms with Gasteiger partial charge >= 0.3 is 18.3 Å². The molecule has 0 bridgehead atoms. The van der Waals surface area contributed by atoms with Crippen LogP contribution in [0.4, 0.5) is 26.3 Å². The molecule has 2 aromatic carbocycles. The van der Waals surface area contributed by atoms with E-state index >= 15 is 0 Å². The third-order valence-corrected chi connectivity index (χ3v) is 3.84. The highest BCUT2D eigenvalue weighted by Crippen LogP contribution is 2.34. The minimum absolute atomic E-state index is 0.146. The number of alkyl halides is 6. The van der Waals surface area contributed by atoms with Crippen LogP contribution in [0.1, 0.15) is 28.2 Å². The maximum atomic E-state index is 12.7. The Kier molecular flexibility index (Phi) is 5.31. The van der Waals surface area contributed by atoms with Gasteiger partial charge in [-0.05, 0) is 35.4 Å². The largest absolute Gasteiger partial charge is 0.480 e. The molecule has 3 nitrogen and oxygen atoms in total. The molecule has 2 aromatic rings. The molecule has 3 N–H and O–H groups in total. The quantitative estimate of drug-likeness (QED) is 0.783. The van der Waals surface area contributed by atoms with Gasteiger partial charge in [0.15, 0.2) is 0 Å². The summed E-state index contributed by atoms with van der Waals surface area (Å²) in [5, 5.41) is 9.16. The zero-order valence-corrected chi connectivity index (χ0v) is 13.0. The van der Waals surface area contributed by atoms with Crippen LogP contribution in [0.5, 0.6) is 0 Å². The fourth-order valence-electron chi connectivity index (χ4n) is 2.51. The summed E-state index contributed by atoms with van der Waals surface area (Å²) < 4.78 is 76.0. The lowest BCUT2D eigenvalue weighted by Crippen LogP contribution is -2.37. The summed E-state index contributed by atoms with van der Waals surface area (Å²) in [6.07, 6.45) is -9.14. The van der Waals surface area contributed by atoms with Gasteiger partial charge in [0.1, 0.15) is 6.04 Å². The molecular formula is C17H13F6NO2. The van der Waals surface area contributed by atoms with Crippen molar-refractivity contribution < 1.29 is 36.2 Å². The molecule has 1 atom stereocenters. The van der Waals surface area contributed by atoms with Gasteiger partial charge in [0, 0.05) is 5.92 Å². The number of carboxylic acids is 1. The van der Waals surface area contributed by atoms with E-state index in [1.54, 1.807) is 0 Å². The van der Waals surface area contributed by atoms with E-state index in [9.17, 15) is 31.1 Å². The van der Waals surface area contributed by atoms with Gasteiger partial charge in [-0.25, -0.2) is 0 Å². The summed E-state index contributed by atoms with van der Waals surface area (Å²) in [5.41, 5.74) is 4.05. The van der Waals surface area contributed by atoms with E-state index < -0.39 is 41.4 Å². The molecule has 0 aliphatic heterocycles. The van der Waals surface area contributed by atoms with Gasteiger partial charge in [-0.1, -0.05) is 24.3 Å². The Morgan fingerprint density at radius 2 is 1.08 bits per heavy atom. The van der Waals surface area contributed by atoms with Gasteiger partial charge in [-0.15, -0.1) is 0 Å². The standard InChI is InChI=1S/C17H13F6NO2/c18-16(19,20)11-5-1-9(2-6-11)13(14(24)15(25)26)10-3-7-12(8-4-10)17(21,22)23/h1-8,13-14H,24H2,(H,25,26)/t14-/m0/s1. The molecule has 0 amide bonds. The highest BCUT2D eigenvalue weighted by atomic mass is 19.4. The first-order valence-corrected chi connectivity index (χ1v) is 7.24. The number of benzene rings is 2. The summed E-state index contributed by atoms with van der Waals surface area (Å²) in [7, 11) is 0. The van der Waals surface area contributed by atoms with Crippen LogP contribution in [-0.2, 0) is 17.1 Å². The van der Waals surface area contributed by atoms with Gasteiger partial charge in [0.05, 0.1) is 11.1 Å². The van der Waals surface area contributed by atoms with Crippen molar-refractivity contribution in [2.45, 2.75) is 24.3 Å². The topological polar surface area (TPSA) is 63.3 Å². The van der Waals surface area contributed by atoms with E-state index in [0.29, 0.717) is 0 Å². The SMILES string of the molecule is N[C@H](C(=O)O)C(c1ccc(C(F)(F)F)cc1)c1ccc(C(F)(F)F)cc1. The molecule has 0 radical (unpaired) electrons. The molecule has 26 heavy (non-hydrogen) atoms. The summed E-state index contributed by atoms with van der Waals surface area (Å²) in [4.78, 5) is 11.3. The normalized spacial score (nSPS) is 13.7. The van der Waals surface area contributed by atoms with Crippen molar-refractivity contribution >= 4 is 5.97 Å². The number of hydrogen-bond acceptors (Lipinski definition) is 2. The predicted octanol–water partition coefficient (Wildman–Crippen LogP) is 4.27. The Bertz CT molecular complexity index is 708. The second kappa shape index (κ2) is 6.99. The Hall–Kier alpha value is -2.55. The first-order chi connectivity index (χ1) is 11.9. The van der Waals surface area contributed by atoms with Gasteiger partial charge in [0.2, 0.25) is 0 Å². The van der Waals surface area contributed by atoms with E-state index in [1.807, 2.05) is 0 Å². The average Bonchev–Trinajstić information content (AvgIpc) is 2.54. The number of carboxylic acid groups (broad SMARTS) is 1. The zero-order chi connectivity index (χ0) is 19.7. The maximum absolute atomic E-state index is 12.7. The lowest BCUT2D eigenvalue weighted by Gasteiger charge is -2.23. The number of rotatable bonds is 4. The molecule has 0 fully saturated rings. The van der Waals surface area contributed by atoms with E-state index in [0.717, 1.165) is 48.5 Å². The molecule has 9 heteroatoms. The average molecular weight is 377 g/mol. The van der Waals surface area contributed by atoms with Crippen LogP contribution >= 0.6 is 0 Å². The van der Waals surface area contributed by atoms with Crippen LogP contribution < -0.4 is 5.73 Å². The van der Waals surface area contributed by atoms with E-state index in [1.165, 1.54) is 0 Å². The number of halogens is 6. The highest BCUT2D eigenvalue weighted by Gasteiger charge is 2.33. The monoisotopic (exact) mass is 377 g/mol. The first kappa shape index (κ1) is 19.8. The van der Waals surface area contributed by atoms with Crippen molar-refractivity contribution in [1.82, 2.24) is 0 Å². The summed E-state index contributed by atoms with van der Waals surface area (Å²) in [5.74, 6) is -2.55. The molecule has 140 valence electrons. The fraction of sp³-hybridized carbons (Fsp3) is 0.235. The molecule has 0 aromatic heterocycles. The van der Waals surface area contributed by atoms with Crippen LogP contribution in [0.3, 0.4) is 0 Å². The van der Waals surface area contributed by atoms with Crippen molar-refractivity contribution in [3.8, 4) is 0 Å². The van der Waals surface area contributed by atoms with Crippen molar-refractivity contribution in [3.63, 3.8) is 0 Å². The van der Waals surface area contributed by atoms with Crippen molar-refractivity contribution in [1.29, 1.82) is 0 Å². The Labute approximate surface area is 144 Å². The molecule has 0 saturated heterocycles. The van der Waals surface area contributed by atoms with Crippen molar-refractivity contribution in [3.05, 3.63) is 70.8 Å². The smallest absolute Gasteiger partial charge is 0.416 e. The van der Waals surface area contributed by atoms with Gasteiger partial charge < -0.3 is 10.8 Å². The summed E-state index contributed by atoms with van der Waals surface area (Å²) >= 11 is 0. The maximum Gasteiger partial charge on any atom is 0.416 e. The van der Waals surface area contributed by atoms with Crippen LogP contribution in [0.15, 0.2) is 48.5 Å². The molecular weight excluding hydrogens is 364 g/mol.